The van der Waals surface area contributed by atoms with E-state index in [0.29, 0.717) is 12.1 Å². The van der Waals surface area contributed by atoms with Crippen LogP contribution in [0.1, 0.15) is 16.1 Å². The Morgan fingerprint density at radius 2 is 2.15 bits per heavy atom. The number of amides is 1. The van der Waals surface area contributed by atoms with Gasteiger partial charge >= 0.3 is 0 Å². The number of rotatable bonds is 4. The first-order valence-electron chi connectivity index (χ1n) is 5.92. The van der Waals surface area contributed by atoms with Crippen LogP contribution in [0, 0.1) is 0 Å². The lowest BCUT2D eigenvalue weighted by Gasteiger charge is -2.05. The van der Waals surface area contributed by atoms with Crippen molar-refractivity contribution in [2.24, 2.45) is 0 Å². The highest BCUT2D eigenvalue weighted by atomic mass is 16.1. The fraction of sp³-hybridized carbons (Fsp3) is 0.0833. The SMILES string of the molecule is O=C(NCc1cnc[nH]1)c1ccc(-n2cnnn2)cc1. The fourth-order valence-corrected chi connectivity index (χ4v) is 1.70. The minimum Gasteiger partial charge on any atom is -0.347 e. The molecule has 2 heterocycles. The average Bonchev–Trinajstić information content (AvgIpc) is 3.18. The van der Waals surface area contributed by atoms with Crippen molar-refractivity contribution in [3.8, 4) is 5.69 Å². The molecule has 0 saturated carbocycles. The average molecular weight is 269 g/mol. The maximum absolute atomic E-state index is 11.9. The second kappa shape index (κ2) is 5.31. The van der Waals surface area contributed by atoms with E-state index in [2.05, 4.69) is 30.8 Å². The second-order valence-electron chi connectivity index (χ2n) is 4.06. The summed E-state index contributed by atoms with van der Waals surface area (Å²) in [7, 11) is 0. The third-order valence-electron chi connectivity index (χ3n) is 2.74. The Morgan fingerprint density at radius 3 is 2.80 bits per heavy atom. The van der Waals surface area contributed by atoms with Gasteiger partial charge < -0.3 is 10.3 Å². The molecule has 8 nitrogen and oxygen atoms in total. The van der Waals surface area contributed by atoms with Crippen LogP contribution in [-0.2, 0) is 6.54 Å². The Balaban J connectivity index is 1.66. The summed E-state index contributed by atoms with van der Waals surface area (Å²) < 4.78 is 1.52. The van der Waals surface area contributed by atoms with Crippen LogP contribution < -0.4 is 5.32 Å². The van der Waals surface area contributed by atoms with Gasteiger partial charge in [-0.15, -0.1) is 5.10 Å². The molecule has 0 aliphatic rings. The van der Waals surface area contributed by atoms with E-state index in [-0.39, 0.29) is 5.91 Å². The van der Waals surface area contributed by atoms with Crippen LogP contribution in [0.5, 0.6) is 0 Å². The van der Waals surface area contributed by atoms with Crippen molar-refractivity contribution >= 4 is 5.91 Å². The molecule has 0 unspecified atom stereocenters. The number of nitrogens with zero attached hydrogens (tertiary/aromatic N) is 5. The van der Waals surface area contributed by atoms with Crippen LogP contribution in [0.25, 0.3) is 5.69 Å². The first-order chi connectivity index (χ1) is 9.83. The normalized spacial score (nSPS) is 10.4. The van der Waals surface area contributed by atoms with Crippen molar-refractivity contribution in [1.82, 2.24) is 35.5 Å². The van der Waals surface area contributed by atoms with Crippen molar-refractivity contribution in [2.45, 2.75) is 6.54 Å². The number of aromatic amines is 1. The van der Waals surface area contributed by atoms with Crippen molar-refractivity contribution < 1.29 is 4.79 Å². The molecule has 0 fully saturated rings. The molecule has 8 heteroatoms. The molecule has 1 aromatic carbocycles. The van der Waals surface area contributed by atoms with E-state index < -0.39 is 0 Å². The molecular formula is C12H11N7O. The zero-order valence-corrected chi connectivity index (χ0v) is 10.4. The van der Waals surface area contributed by atoms with Gasteiger partial charge in [-0.2, -0.15) is 0 Å². The van der Waals surface area contributed by atoms with E-state index in [4.69, 9.17) is 0 Å². The van der Waals surface area contributed by atoms with Gasteiger partial charge in [-0.3, -0.25) is 4.79 Å². The maximum Gasteiger partial charge on any atom is 0.251 e. The Morgan fingerprint density at radius 1 is 1.30 bits per heavy atom. The van der Waals surface area contributed by atoms with E-state index in [1.807, 2.05) is 0 Å². The molecule has 0 atom stereocenters. The summed E-state index contributed by atoms with van der Waals surface area (Å²) >= 11 is 0. The van der Waals surface area contributed by atoms with Gasteiger partial charge in [0.1, 0.15) is 6.33 Å². The summed E-state index contributed by atoms with van der Waals surface area (Å²) in [5.74, 6) is -0.150. The second-order valence-corrected chi connectivity index (χ2v) is 4.06. The standard InChI is InChI=1S/C12H11N7O/c20-12(14-6-10-5-13-7-15-10)9-1-3-11(4-2-9)19-8-16-17-18-19/h1-5,7-8H,6H2,(H,13,15)(H,14,20). The van der Waals surface area contributed by atoms with E-state index in [1.165, 1.54) is 11.0 Å². The smallest absolute Gasteiger partial charge is 0.251 e. The highest BCUT2D eigenvalue weighted by molar-refractivity contribution is 5.94. The Bertz CT molecular complexity index is 673. The van der Waals surface area contributed by atoms with Gasteiger partial charge in [-0.25, -0.2) is 9.67 Å². The molecule has 0 radical (unpaired) electrons. The van der Waals surface area contributed by atoms with Gasteiger partial charge in [0.15, 0.2) is 0 Å². The van der Waals surface area contributed by atoms with Gasteiger partial charge in [-0.05, 0) is 34.7 Å². The zero-order valence-electron chi connectivity index (χ0n) is 10.4. The number of benzene rings is 1. The van der Waals surface area contributed by atoms with Crippen LogP contribution in [0.4, 0.5) is 0 Å². The monoisotopic (exact) mass is 269 g/mol. The first kappa shape index (κ1) is 12.0. The molecule has 0 aliphatic carbocycles. The molecule has 0 spiro atoms. The number of aromatic nitrogens is 6. The van der Waals surface area contributed by atoms with Crippen LogP contribution in [0.2, 0.25) is 0 Å². The van der Waals surface area contributed by atoms with Crippen molar-refractivity contribution in [3.05, 3.63) is 54.4 Å². The van der Waals surface area contributed by atoms with Gasteiger partial charge in [0.25, 0.3) is 5.91 Å². The van der Waals surface area contributed by atoms with Crippen molar-refractivity contribution in [2.75, 3.05) is 0 Å². The summed E-state index contributed by atoms with van der Waals surface area (Å²) in [4.78, 5) is 18.8. The molecule has 0 bridgehead atoms. The number of carbonyl (C=O) groups is 1. The Hall–Kier alpha value is -3.03. The summed E-state index contributed by atoms with van der Waals surface area (Å²) in [6, 6.07) is 7.00. The van der Waals surface area contributed by atoms with Crippen molar-refractivity contribution in [3.63, 3.8) is 0 Å². The van der Waals surface area contributed by atoms with E-state index in [1.54, 1.807) is 36.8 Å². The summed E-state index contributed by atoms with van der Waals surface area (Å²) in [5.41, 5.74) is 2.21. The molecule has 3 rings (SSSR count). The molecule has 100 valence electrons. The van der Waals surface area contributed by atoms with Gasteiger partial charge in [-0.1, -0.05) is 0 Å². The van der Waals surface area contributed by atoms with Crippen LogP contribution >= 0.6 is 0 Å². The molecule has 0 saturated heterocycles. The summed E-state index contributed by atoms with van der Waals surface area (Å²) in [6.45, 7) is 0.410. The topological polar surface area (TPSA) is 101 Å². The first-order valence-corrected chi connectivity index (χ1v) is 5.92. The molecular weight excluding hydrogens is 258 g/mol. The maximum atomic E-state index is 11.9. The van der Waals surface area contributed by atoms with Crippen LogP contribution in [0.3, 0.4) is 0 Å². The molecule has 20 heavy (non-hydrogen) atoms. The summed E-state index contributed by atoms with van der Waals surface area (Å²) in [6.07, 6.45) is 4.73. The van der Waals surface area contributed by atoms with Crippen molar-refractivity contribution in [1.29, 1.82) is 0 Å². The molecule has 1 amide bonds. The van der Waals surface area contributed by atoms with Gasteiger partial charge in [0.2, 0.25) is 0 Å². The minimum absolute atomic E-state index is 0.150. The minimum atomic E-state index is -0.150. The fourth-order valence-electron chi connectivity index (χ4n) is 1.70. The van der Waals surface area contributed by atoms with Crippen LogP contribution in [0.15, 0.2) is 43.1 Å². The molecule has 2 aromatic heterocycles. The number of H-pyrrole nitrogens is 1. The quantitative estimate of drug-likeness (QED) is 0.710. The van der Waals surface area contributed by atoms with E-state index in [9.17, 15) is 4.79 Å². The third kappa shape index (κ3) is 2.53. The largest absolute Gasteiger partial charge is 0.347 e. The number of hydrogen-bond acceptors (Lipinski definition) is 5. The molecule has 0 aliphatic heterocycles. The predicted molar refractivity (Wildman–Crippen MR) is 68.9 cm³/mol. The highest BCUT2D eigenvalue weighted by Gasteiger charge is 2.06. The Labute approximate surface area is 113 Å². The van der Waals surface area contributed by atoms with E-state index in [0.717, 1.165) is 11.4 Å². The number of tetrazole rings is 1. The zero-order chi connectivity index (χ0) is 13.8. The number of carbonyl (C=O) groups excluding carboxylic acids is 1. The van der Waals surface area contributed by atoms with E-state index >= 15 is 0 Å². The number of hydrogen-bond donors (Lipinski definition) is 2. The van der Waals surface area contributed by atoms with Gasteiger partial charge in [0, 0.05) is 11.8 Å². The highest BCUT2D eigenvalue weighted by Crippen LogP contribution is 2.07. The van der Waals surface area contributed by atoms with Crippen LogP contribution in [-0.4, -0.2) is 36.1 Å². The molecule has 3 aromatic rings. The van der Waals surface area contributed by atoms with Gasteiger partial charge in [0.05, 0.1) is 24.3 Å². The number of imidazole rings is 1. The third-order valence-corrected chi connectivity index (χ3v) is 2.74. The Kier molecular flexibility index (Phi) is 3.19. The number of nitrogens with one attached hydrogen (secondary N) is 2. The lowest BCUT2D eigenvalue weighted by molar-refractivity contribution is 0.0950. The summed E-state index contributed by atoms with van der Waals surface area (Å²) in [5, 5.41) is 13.7. The lowest BCUT2D eigenvalue weighted by Crippen LogP contribution is -2.22. The lowest BCUT2D eigenvalue weighted by atomic mass is 10.2. The molecule has 2 N–H and O–H groups in total. The predicted octanol–water partition coefficient (Wildman–Crippen LogP) is 0.315.